The molecular formula is C18H22N4O4S. The van der Waals surface area contributed by atoms with Crippen molar-refractivity contribution in [2.75, 3.05) is 27.2 Å². The molecule has 1 aromatic carbocycles. The third-order valence-electron chi connectivity index (χ3n) is 4.62. The molecule has 1 N–H and O–H groups in total. The molecule has 0 amide bonds. The van der Waals surface area contributed by atoms with Crippen LogP contribution >= 0.6 is 0 Å². The van der Waals surface area contributed by atoms with Gasteiger partial charge in [-0.3, -0.25) is 4.98 Å². The summed E-state index contributed by atoms with van der Waals surface area (Å²) >= 11 is 0. The Balaban J connectivity index is 1.74. The van der Waals surface area contributed by atoms with Crippen LogP contribution in [0.4, 0.5) is 0 Å². The highest BCUT2D eigenvalue weighted by molar-refractivity contribution is 7.86. The van der Waals surface area contributed by atoms with Crippen LogP contribution in [-0.2, 0) is 16.6 Å². The summed E-state index contributed by atoms with van der Waals surface area (Å²) in [6.07, 6.45) is 4.67. The number of aromatic carboxylic acids is 1. The Hall–Kier alpha value is -2.36. The Morgan fingerprint density at radius 1 is 1.33 bits per heavy atom. The molecule has 1 aliphatic rings. The van der Waals surface area contributed by atoms with Crippen LogP contribution in [0.3, 0.4) is 0 Å². The van der Waals surface area contributed by atoms with Crippen molar-refractivity contribution < 1.29 is 18.3 Å². The molecule has 1 saturated heterocycles. The first kappa shape index (κ1) is 19.4. The molecule has 1 aromatic heterocycles. The highest BCUT2D eigenvalue weighted by atomic mass is 32.2. The molecule has 1 atom stereocenters. The maximum atomic E-state index is 12.2. The minimum atomic E-state index is -3.39. The number of nitrogens with zero attached hydrogens (tertiary/aromatic N) is 4. The van der Waals surface area contributed by atoms with Gasteiger partial charge < -0.3 is 5.11 Å². The largest absolute Gasteiger partial charge is 0.478 e. The van der Waals surface area contributed by atoms with Crippen LogP contribution in [-0.4, -0.2) is 65.3 Å². The normalized spacial score (nSPS) is 18.1. The molecule has 0 saturated carbocycles. The highest BCUT2D eigenvalue weighted by Crippen LogP contribution is 2.24. The number of carbonyl (C=O) groups is 1. The van der Waals surface area contributed by atoms with E-state index in [1.165, 1.54) is 28.8 Å². The van der Waals surface area contributed by atoms with Gasteiger partial charge >= 0.3 is 5.97 Å². The van der Waals surface area contributed by atoms with Crippen LogP contribution in [0.1, 0.15) is 22.5 Å². The van der Waals surface area contributed by atoms with Gasteiger partial charge in [0.2, 0.25) is 0 Å². The standard InChI is InChI=1S/C18H22N4O4S/c1-21(2)27(25,26)22-7-6-13(12-22)8-16-10-19-11-17(20-16)14-4-3-5-15(9-14)18(23)24/h3-5,9-11,13H,6-8,12H2,1-2H3,(H,23,24)/t13-/m1/s1. The fourth-order valence-corrected chi connectivity index (χ4v) is 4.35. The number of carboxylic acids is 1. The second-order valence-electron chi connectivity index (χ2n) is 6.79. The van der Waals surface area contributed by atoms with E-state index in [2.05, 4.69) is 9.97 Å². The van der Waals surface area contributed by atoms with E-state index < -0.39 is 16.2 Å². The molecule has 1 aliphatic heterocycles. The lowest BCUT2D eigenvalue weighted by atomic mass is 10.0. The molecule has 0 unspecified atom stereocenters. The number of carboxylic acid groups (broad SMARTS) is 1. The molecule has 0 bridgehead atoms. The second kappa shape index (κ2) is 7.71. The quantitative estimate of drug-likeness (QED) is 0.802. The second-order valence-corrected chi connectivity index (χ2v) is 8.93. The fourth-order valence-electron chi connectivity index (χ4n) is 3.16. The van der Waals surface area contributed by atoms with E-state index in [1.807, 2.05) is 0 Å². The fraction of sp³-hybridized carbons (Fsp3) is 0.389. The van der Waals surface area contributed by atoms with Crippen molar-refractivity contribution in [2.45, 2.75) is 12.8 Å². The summed E-state index contributed by atoms with van der Waals surface area (Å²) < 4.78 is 27.2. The van der Waals surface area contributed by atoms with Gasteiger partial charge in [0.25, 0.3) is 10.2 Å². The lowest BCUT2D eigenvalue weighted by Crippen LogP contribution is -2.38. The molecule has 2 aromatic rings. The average molecular weight is 390 g/mol. The monoisotopic (exact) mass is 390 g/mol. The van der Waals surface area contributed by atoms with Crippen LogP contribution in [0.2, 0.25) is 0 Å². The van der Waals surface area contributed by atoms with Crippen LogP contribution in [0.15, 0.2) is 36.7 Å². The molecular weight excluding hydrogens is 368 g/mol. The molecule has 144 valence electrons. The van der Waals surface area contributed by atoms with Crippen LogP contribution < -0.4 is 0 Å². The molecule has 0 aliphatic carbocycles. The van der Waals surface area contributed by atoms with Crippen molar-refractivity contribution in [3.8, 4) is 11.3 Å². The average Bonchev–Trinajstić information content (AvgIpc) is 3.11. The van der Waals surface area contributed by atoms with Gasteiger partial charge in [0, 0.05) is 38.9 Å². The van der Waals surface area contributed by atoms with E-state index >= 15 is 0 Å². The maximum absolute atomic E-state index is 12.2. The number of benzene rings is 1. The van der Waals surface area contributed by atoms with E-state index in [9.17, 15) is 13.2 Å². The molecule has 8 nitrogen and oxygen atoms in total. The van der Waals surface area contributed by atoms with Crippen molar-refractivity contribution in [3.63, 3.8) is 0 Å². The molecule has 1 fully saturated rings. The van der Waals surface area contributed by atoms with Gasteiger partial charge in [0.15, 0.2) is 0 Å². The van der Waals surface area contributed by atoms with Crippen molar-refractivity contribution in [1.82, 2.24) is 18.6 Å². The molecule has 9 heteroatoms. The van der Waals surface area contributed by atoms with Crippen molar-refractivity contribution in [3.05, 3.63) is 47.9 Å². The van der Waals surface area contributed by atoms with E-state index in [4.69, 9.17) is 5.11 Å². The highest BCUT2D eigenvalue weighted by Gasteiger charge is 2.32. The van der Waals surface area contributed by atoms with Gasteiger partial charge in [0.05, 0.1) is 23.1 Å². The number of hydrogen-bond acceptors (Lipinski definition) is 5. The predicted molar refractivity (Wildman–Crippen MR) is 100 cm³/mol. The Bertz CT molecular complexity index is 946. The predicted octanol–water partition coefficient (Wildman–Crippen LogP) is 1.51. The van der Waals surface area contributed by atoms with Gasteiger partial charge in [-0.25, -0.2) is 9.78 Å². The van der Waals surface area contributed by atoms with Crippen LogP contribution in [0.25, 0.3) is 11.3 Å². The van der Waals surface area contributed by atoms with E-state index in [1.54, 1.807) is 30.6 Å². The lowest BCUT2D eigenvalue weighted by Gasteiger charge is -2.20. The van der Waals surface area contributed by atoms with Gasteiger partial charge in [-0.05, 0) is 30.9 Å². The Labute approximate surface area is 158 Å². The third-order valence-corrected chi connectivity index (χ3v) is 6.53. The Morgan fingerprint density at radius 3 is 2.81 bits per heavy atom. The topological polar surface area (TPSA) is 104 Å². The van der Waals surface area contributed by atoms with E-state index in [0.717, 1.165) is 12.1 Å². The first-order valence-corrected chi connectivity index (χ1v) is 9.99. The lowest BCUT2D eigenvalue weighted by molar-refractivity contribution is 0.0697. The maximum Gasteiger partial charge on any atom is 0.335 e. The van der Waals surface area contributed by atoms with Gasteiger partial charge in [0.1, 0.15) is 0 Å². The molecule has 3 rings (SSSR count). The summed E-state index contributed by atoms with van der Waals surface area (Å²) in [5.41, 5.74) is 2.25. The van der Waals surface area contributed by atoms with Crippen molar-refractivity contribution in [1.29, 1.82) is 0 Å². The first-order valence-electron chi connectivity index (χ1n) is 8.59. The van der Waals surface area contributed by atoms with Gasteiger partial charge in [-0.15, -0.1) is 0 Å². The Morgan fingerprint density at radius 2 is 2.11 bits per heavy atom. The van der Waals surface area contributed by atoms with E-state index in [0.29, 0.717) is 30.8 Å². The smallest absolute Gasteiger partial charge is 0.335 e. The van der Waals surface area contributed by atoms with Crippen molar-refractivity contribution >= 4 is 16.2 Å². The zero-order valence-corrected chi connectivity index (χ0v) is 16.1. The summed E-state index contributed by atoms with van der Waals surface area (Å²) in [5.74, 6) is -0.816. The van der Waals surface area contributed by atoms with E-state index in [-0.39, 0.29) is 11.5 Å². The van der Waals surface area contributed by atoms with Crippen molar-refractivity contribution in [2.24, 2.45) is 5.92 Å². The summed E-state index contributed by atoms with van der Waals surface area (Å²) in [6.45, 7) is 0.958. The third kappa shape index (κ3) is 4.32. The Kier molecular flexibility index (Phi) is 5.54. The van der Waals surface area contributed by atoms with Crippen LogP contribution in [0.5, 0.6) is 0 Å². The van der Waals surface area contributed by atoms with Gasteiger partial charge in [-0.2, -0.15) is 17.0 Å². The summed E-state index contributed by atoms with van der Waals surface area (Å²) in [7, 11) is -0.330. The minimum Gasteiger partial charge on any atom is -0.478 e. The first-order chi connectivity index (χ1) is 12.8. The number of rotatable bonds is 6. The number of aromatic nitrogens is 2. The van der Waals surface area contributed by atoms with Crippen LogP contribution in [0, 0.1) is 5.92 Å². The number of hydrogen-bond donors (Lipinski definition) is 1. The minimum absolute atomic E-state index is 0.176. The summed E-state index contributed by atoms with van der Waals surface area (Å²) in [5, 5.41) is 9.14. The van der Waals surface area contributed by atoms with Gasteiger partial charge in [-0.1, -0.05) is 12.1 Å². The summed E-state index contributed by atoms with van der Waals surface area (Å²) in [4.78, 5) is 20.0. The zero-order chi connectivity index (χ0) is 19.6. The molecule has 2 heterocycles. The molecule has 0 radical (unpaired) electrons. The molecule has 27 heavy (non-hydrogen) atoms. The summed E-state index contributed by atoms with van der Waals surface area (Å²) in [6, 6.07) is 6.56. The zero-order valence-electron chi connectivity index (χ0n) is 15.2. The molecule has 0 spiro atoms. The SMILES string of the molecule is CN(C)S(=O)(=O)N1CC[C@H](Cc2cncc(-c3cccc(C(=O)O)c3)n2)C1.